The zero-order chi connectivity index (χ0) is 18.5. The van der Waals surface area contributed by atoms with Crippen LogP contribution in [0.25, 0.3) is 0 Å². The first-order valence-electron chi connectivity index (χ1n) is 8.65. The number of hydrogen-bond acceptors (Lipinski definition) is 3. The van der Waals surface area contributed by atoms with Crippen molar-refractivity contribution in [2.24, 2.45) is 0 Å². The van der Waals surface area contributed by atoms with E-state index in [9.17, 15) is 13.6 Å². The molecular formula is C20H22F2N2O2. The Bertz CT molecular complexity index is 762. The SMILES string of the molecule is CC1CN(Cc2cccc(CNC(=O)c3cc(F)cc(F)c3)c2)CCO1. The van der Waals surface area contributed by atoms with E-state index in [1.54, 1.807) is 0 Å². The number of morpholine rings is 1. The predicted octanol–water partition coefficient (Wildman–Crippen LogP) is 3.12. The molecule has 1 saturated heterocycles. The molecule has 1 amide bonds. The van der Waals surface area contributed by atoms with E-state index in [4.69, 9.17) is 4.74 Å². The Morgan fingerprint density at radius 1 is 1.19 bits per heavy atom. The molecule has 0 saturated carbocycles. The van der Waals surface area contributed by atoms with Crippen LogP contribution in [0.4, 0.5) is 8.78 Å². The summed E-state index contributed by atoms with van der Waals surface area (Å²) in [6.07, 6.45) is 0.234. The molecule has 1 N–H and O–H groups in total. The van der Waals surface area contributed by atoms with Gasteiger partial charge >= 0.3 is 0 Å². The first-order chi connectivity index (χ1) is 12.5. The molecule has 138 valence electrons. The number of carbonyl (C=O) groups is 1. The van der Waals surface area contributed by atoms with Gasteiger partial charge in [0.05, 0.1) is 12.7 Å². The van der Waals surface area contributed by atoms with E-state index in [0.717, 1.165) is 55.6 Å². The molecule has 26 heavy (non-hydrogen) atoms. The minimum absolute atomic E-state index is 0.0269. The number of amides is 1. The van der Waals surface area contributed by atoms with Crippen molar-refractivity contribution in [1.29, 1.82) is 0 Å². The summed E-state index contributed by atoms with van der Waals surface area (Å²) in [4.78, 5) is 14.4. The highest BCUT2D eigenvalue weighted by Gasteiger charge is 2.16. The number of hydrogen-bond donors (Lipinski definition) is 1. The van der Waals surface area contributed by atoms with Crippen molar-refractivity contribution in [3.05, 3.63) is 70.8 Å². The molecule has 3 rings (SSSR count). The average Bonchev–Trinajstić information content (AvgIpc) is 2.59. The Hall–Kier alpha value is -2.31. The fourth-order valence-electron chi connectivity index (χ4n) is 3.10. The maximum absolute atomic E-state index is 13.2. The van der Waals surface area contributed by atoms with Crippen molar-refractivity contribution in [3.63, 3.8) is 0 Å². The van der Waals surface area contributed by atoms with E-state index < -0.39 is 17.5 Å². The maximum atomic E-state index is 13.2. The first kappa shape index (κ1) is 18.5. The monoisotopic (exact) mass is 360 g/mol. The van der Waals surface area contributed by atoms with Gasteiger partial charge in [0.15, 0.2) is 0 Å². The van der Waals surface area contributed by atoms with Crippen LogP contribution in [0.3, 0.4) is 0 Å². The molecule has 0 aliphatic carbocycles. The van der Waals surface area contributed by atoms with Crippen LogP contribution >= 0.6 is 0 Å². The second-order valence-corrected chi connectivity index (χ2v) is 6.58. The van der Waals surface area contributed by atoms with Crippen LogP contribution in [-0.2, 0) is 17.8 Å². The Morgan fingerprint density at radius 2 is 1.92 bits per heavy atom. The second kappa shape index (κ2) is 8.38. The number of nitrogens with one attached hydrogen (secondary N) is 1. The van der Waals surface area contributed by atoms with Crippen LogP contribution < -0.4 is 5.32 Å². The zero-order valence-corrected chi connectivity index (χ0v) is 14.7. The Kier molecular flexibility index (Phi) is 5.96. The van der Waals surface area contributed by atoms with Crippen molar-refractivity contribution in [1.82, 2.24) is 10.2 Å². The normalized spacial score (nSPS) is 17.9. The molecule has 2 aromatic rings. The molecule has 2 aromatic carbocycles. The van der Waals surface area contributed by atoms with Gasteiger partial charge in [0.2, 0.25) is 0 Å². The van der Waals surface area contributed by atoms with Gasteiger partial charge in [0.25, 0.3) is 5.91 Å². The molecule has 1 aliphatic rings. The molecule has 0 aromatic heterocycles. The van der Waals surface area contributed by atoms with Gasteiger partial charge in [0.1, 0.15) is 11.6 Å². The standard InChI is InChI=1S/C20H22F2N2O2/c1-14-12-24(5-6-26-14)13-16-4-2-3-15(7-16)11-23-20(25)17-8-18(21)10-19(22)9-17/h2-4,7-10,14H,5-6,11-13H2,1H3,(H,23,25). The minimum Gasteiger partial charge on any atom is -0.376 e. The van der Waals surface area contributed by atoms with Gasteiger partial charge in [-0.1, -0.05) is 24.3 Å². The molecular weight excluding hydrogens is 338 g/mol. The predicted molar refractivity (Wildman–Crippen MR) is 94.7 cm³/mol. The maximum Gasteiger partial charge on any atom is 0.251 e. The lowest BCUT2D eigenvalue weighted by Gasteiger charge is -2.31. The lowest BCUT2D eigenvalue weighted by atomic mass is 10.1. The summed E-state index contributed by atoms with van der Waals surface area (Å²) in [5.74, 6) is -2.04. The summed E-state index contributed by atoms with van der Waals surface area (Å²) in [5, 5.41) is 2.70. The lowest BCUT2D eigenvalue weighted by molar-refractivity contribution is -0.0212. The van der Waals surface area contributed by atoms with E-state index in [1.807, 2.05) is 24.3 Å². The molecule has 1 unspecified atom stereocenters. The molecule has 0 spiro atoms. The van der Waals surface area contributed by atoms with Gasteiger partial charge < -0.3 is 10.1 Å². The molecule has 6 heteroatoms. The second-order valence-electron chi connectivity index (χ2n) is 6.58. The van der Waals surface area contributed by atoms with Crippen molar-refractivity contribution in [2.75, 3.05) is 19.7 Å². The number of benzene rings is 2. The molecule has 1 atom stereocenters. The van der Waals surface area contributed by atoms with Crippen molar-refractivity contribution in [2.45, 2.75) is 26.1 Å². The Labute approximate surface area is 151 Å². The minimum atomic E-state index is -0.767. The summed E-state index contributed by atoms with van der Waals surface area (Å²) in [7, 11) is 0. The summed E-state index contributed by atoms with van der Waals surface area (Å²) in [6.45, 7) is 5.71. The third-order valence-electron chi connectivity index (χ3n) is 4.30. The number of rotatable bonds is 5. The summed E-state index contributed by atoms with van der Waals surface area (Å²) >= 11 is 0. The van der Waals surface area contributed by atoms with Crippen molar-refractivity contribution in [3.8, 4) is 0 Å². The zero-order valence-electron chi connectivity index (χ0n) is 14.7. The molecule has 1 heterocycles. The van der Waals surface area contributed by atoms with E-state index in [0.29, 0.717) is 6.54 Å². The van der Waals surface area contributed by atoms with Crippen LogP contribution in [0.15, 0.2) is 42.5 Å². The number of nitrogens with zero attached hydrogens (tertiary/aromatic N) is 1. The van der Waals surface area contributed by atoms with Gasteiger partial charge in [-0.25, -0.2) is 8.78 Å². The van der Waals surface area contributed by atoms with Crippen LogP contribution in [0.5, 0.6) is 0 Å². The highest BCUT2D eigenvalue weighted by Crippen LogP contribution is 2.13. The molecule has 1 fully saturated rings. The topological polar surface area (TPSA) is 41.6 Å². The number of carbonyl (C=O) groups excluding carboxylic acids is 1. The molecule has 4 nitrogen and oxygen atoms in total. The van der Waals surface area contributed by atoms with Crippen molar-refractivity contribution < 1.29 is 18.3 Å². The van der Waals surface area contributed by atoms with E-state index >= 15 is 0 Å². The Balaban J connectivity index is 1.59. The largest absolute Gasteiger partial charge is 0.376 e. The highest BCUT2D eigenvalue weighted by atomic mass is 19.1. The smallest absolute Gasteiger partial charge is 0.251 e. The number of halogens is 2. The van der Waals surface area contributed by atoms with Crippen LogP contribution in [-0.4, -0.2) is 36.6 Å². The summed E-state index contributed by atoms with van der Waals surface area (Å²) < 4.78 is 32.0. The van der Waals surface area contributed by atoms with Crippen LogP contribution in [0, 0.1) is 11.6 Å². The van der Waals surface area contributed by atoms with E-state index in [2.05, 4.69) is 17.1 Å². The quantitative estimate of drug-likeness (QED) is 0.891. The van der Waals surface area contributed by atoms with E-state index in [1.165, 1.54) is 0 Å². The van der Waals surface area contributed by atoms with Crippen LogP contribution in [0.2, 0.25) is 0 Å². The third kappa shape index (κ3) is 5.09. The summed E-state index contributed by atoms with van der Waals surface area (Å²) in [5.41, 5.74) is 2.07. The summed E-state index contributed by atoms with van der Waals surface area (Å²) in [6, 6.07) is 10.7. The molecule has 1 aliphatic heterocycles. The van der Waals surface area contributed by atoms with E-state index in [-0.39, 0.29) is 11.7 Å². The van der Waals surface area contributed by atoms with Gasteiger partial charge in [-0.2, -0.15) is 0 Å². The Morgan fingerprint density at radius 3 is 2.65 bits per heavy atom. The highest BCUT2D eigenvalue weighted by molar-refractivity contribution is 5.94. The third-order valence-corrected chi connectivity index (χ3v) is 4.30. The van der Waals surface area contributed by atoms with Gasteiger partial charge in [-0.3, -0.25) is 9.69 Å². The van der Waals surface area contributed by atoms with Crippen molar-refractivity contribution >= 4 is 5.91 Å². The van der Waals surface area contributed by atoms with Gasteiger partial charge in [0, 0.05) is 37.8 Å². The molecule has 0 radical (unpaired) electrons. The van der Waals surface area contributed by atoms with Crippen LogP contribution in [0.1, 0.15) is 28.4 Å². The fraction of sp³-hybridized carbons (Fsp3) is 0.350. The fourth-order valence-corrected chi connectivity index (χ4v) is 3.10. The average molecular weight is 360 g/mol. The number of ether oxygens (including phenoxy) is 1. The van der Waals surface area contributed by atoms with Gasteiger partial charge in [-0.15, -0.1) is 0 Å². The lowest BCUT2D eigenvalue weighted by Crippen LogP contribution is -2.40. The van der Waals surface area contributed by atoms with Gasteiger partial charge in [-0.05, 0) is 30.2 Å². The molecule has 0 bridgehead atoms. The first-order valence-corrected chi connectivity index (χ1v) is 8.65.